The Hall–Kier alpha value is -3.29. The third-order valence-electron chi connectivity index (χ3n) is 5.80. The Labute approximate surface area is 196 Å². The fraction of sp³-hybridized carbons (Fsp3) is 0.280. The molecule has 1 N–H and O–H groups in total. The van der Waals surface area contributed by atoms with Gasteiger partial charge in [0.05, 0.1) is 29.9 Å². The molecule has 1 saturated heterocycles. The number of aliphatic hydroxyl groups excluding tert-OH is 1. The summed E-state index contributed by atoms with van der Waals surface area (Å²) in [5.74, 6) is -1.30. The maximum atomic E-state index is 13.2. The highest BCUT2D eigenvalue weighted by Gasteiger charge is 2.46. The molecule has 2 aromatic carbocycles. The lowest BCUT2D eigenvalue weighted by Crippen LogP contribution is -2.32. The van der Waals surface area contributed by atoms with Gasteiger partial charge in [-0.05, 0) is 31.2 Å². The first kappa shape index (κ1) is 22.9. The van der Waals surface area contributed by atoms with Gasteiger partial charge in [-0.1, -0.05) is 29.8 Å². The van der Waals surface area contributed by atoms with E-state index < -0.39 is 17.7 Å². The Kier molecular flexibility index (Phi) is 6.44. The van der Waals surface area contributed by atoms with Gasteiger partial charge in [0.2, 0.25) is 0 Å². The van der Waals surface area contributed by atoms with Gasteiger partial charge in [0.25, 0.3) is 11.7 Å². The van der Waals surface area contributed by atoms with Crippen LogP contribution >= 0.6 is 11.6 Å². The van der Waals surface area contributed by atoms with E-state index in [2.05, 4.69) is 0 Å². The summed E-state index contributed by atoms with van der Waals surface area (Å²) in [6, 6.07) is 11.7. The van der Waals surface area contributed by atoms with E-state index in [1.54, 1.807) is 18.2 Å². The van der Waals surface area contributed by atoms with Gasteiger partial charge in [-0.3, -0.25) is 9.59 Å². The number of aromatic nitrogens is 1. The lowest BCUT2D eigenvalue weighted by atomic mass is 9.95. The highest BCUT2D eigenvalue weighted by atomic mass is 35.5. The van der Waals surface area contributed by atoms with Crippen molar-refractivity contribution in [2.45, 2.75) is 13.0 Å². The molecular formula is C25H25ClN2O5. The van der Waals surface area contributed by atoms with Crippen LogP contribution in [-0.2, 0) is 21.4 Å². The summed E-state index contributed by atoms with van der Waals surface area (Å²) in [5, 5.41) is 12.6. The molecule has 0 bridgehead atoms. The number of carbonyl (C=O) groups excluding carboxylic acids is 2. The molecule has 2 heterocycles. The predicted molar refractivity (Wildman–Crippen MR) is 126 cm³/mol. The first-order chi connectivity index (χ1) is 15.9. The lowest BCUT2D eigenvalue weighted by molar-refractivity contribution is -0.140. The molecule has 0 aliphatic carbocycles. The van der Waals surface area contributed by atoms with E-state index in [1.807, 2.05) is 49.0 Å². The zero-order valence-electron chi connectivity index (χ0n) is 18.7. The molecule has 8 heteroatoms. The number of carbonyl (C=O) groups is 2. The molecule has 0 saturated carbocycles. The molecule has 172 valence electrons. The highest BCUT2D eigenvalue weighted by Crippen LogP contribution is 2.42. The number of aryl methyl sites for hydroxylation is 1. The second kappa shape index (κ2) is 9.29. The van der Waals surface area contributed by atoms with Crippen LogP contribution in [0.15, 0.2) is 54.2 Å². The molecule has 3 aromatic rings. The van der Waals surface area contributed by atoms with Crippen molar-refractivity contribution in [1.82, 2.24) is 9.47 Å². The second-order valence-corrected chi connectivity index (χ2v) is 8.18. The number of benzene rings is 2. The van der Waals surface area contributed by atoms with Gasteiger partial charge in [-0.2, -0.15) is 0 Å². The van der Waals surface area contributed by atoms with Gasteiger partial charge in [0.15, 0.2) is 0 Å². The number of nitrogens with zero attached hydrogens (tertiary/aromatic N) is 2. The molecule has 1 unspecified atom stereocenters. The normalized spacial score (nSPS) is 17.8. The largest absolute Gasteiger partial charge is 0.507 e. The number of aliphatic hydroxyl groups is 1. The third kappa shape index (κ3) is 3.98. The molecule has 1 aliphatic heterocycles. The average molecular weight is 469 g/mol. The van der Waals surface area contributed by atoms with Gasteiger partial charge in [0, 0.05) is 48.9 Å². The van der Waals surface area contributed by atoms with Crippen molar-refractivity contribution in [2.24, 2.45) is 7.05 Å². The number of methoxy groups -OCH3 is 1. The minimum absolute atomic E-state index is 0.0252. The predicted octanol–water partition coefficient (Wildman–Crippen LogP) is 4.30. The Morgan fingerprint density at radius 3 is 2.67 bits per heavy atom. The number of halogens is 1. The Balaban J connectivity index is 1.94. The van der Waals surface area contributed by atoms with Gasteiger partial charge >= 0.3 is 0 Å². The quantitative estimate of drug-likeness (QED) is 0.317. The standard InChI is InChI=1S/C25H25ClN2O5/c1-4-33-20-13-15(9-10-18(20)26)23(29)21-22(28(11-12-32-3)25(31)24(21)30)17-14-27(2)19-8-6-5-7-16(17)19/h5-10,13-14,22,29H,4,11-12H2,1-3H3/b23-21+. The molecule has 1 amide bonds. The minimum atomic E-state index is -0.766. The summed E-state index contributed by atoms with van der Waals surface area (Å²) < 4.78 is 12.7. The Bertz CT molecular complexity index is 1260. The first-order valence-electron chi connectivity index (χ1n) is 10.6. The molecule has 33 heavy (non-hydrogen) atoms. The van der Waals surface area contributed by atoms with Crippen LogP contribution in [0, 0.1) is 0 Å². The number of likely N-dealkylation sites (tertiary alicyclic amines) is 1. The lowest BCUT2D eigenvalue weighted by Gasteiger charge is -2.24. The molecule has 1 aromatic heterocycles. The second-order valence-electron chi connectivity index (χ2n) is 7.78. The number of ketones is 1. The number of para-hydroxylation sites is 1. The summed E-state index contributed by atoms with van der Waals surface area (Å²) in [5.41, 5.74) is 2.08. The zero-order valence-corrected chi connectivity index (χ0v) is 19.4. The Morgan fingerprint density at radius 1 is 1.18 bits per heavy atom. The highest BCUT2D eigenvalue weighted by molar-refractivity contribution is 6.46. The fourth-order valence-electron chi connectivity index (χ4n) is 4.29. The molecule has 7 nitrogen and oxygen atoms in total. The monoisotopic (exact) mass is 468 g/mol. The van der Waals surface area contributed by atoms with Crippen molar-refractivity contribution >= 4 is 40.0 Å². The van der Waals surface area contributed by atoms with Crippen molar-refractivity contribution in [1.29, 1.82) is 0 Å². The smallest absolute Gasteiger partial charge is 0.295 e. The molecular weight excluding hydrogens is 444 g/mol. The van der Waals surface area contributed by atoms with Crippen LogP contribution in [0.1, 0.15) is 24.1 Å². The summed E-state index contributed by atoms with van der Waals surface area (Å²) in [4.78, 5) is 27.7. The summed E-state index contributed by atoms with van der Waals surface area (Å²) in [6.45, 7) is 2.67. The number of amides is 1. The van der Waals surface area contributed by atoms with Crippen molar-refractivity contribution in [3.8, 4) is 5.75 Å². The fourth-order valence-corrected chi connectivity index (χ4v) is 4.46. The molecule has 0 spiro atoms. The molecule has 0 radical (unpaired) electrons. The molecule has 4 rings (SSSR count). The van der Waals surface area contributed by atoms with Crippen molar-refractivity contribution in [3.05, 3.63) is 70.4 Å². The summed E-state index contributed by atoms with van der Waals surface area (Å²) >= 11 is 6.20. The molecule has 1 fully saturated rings. The number of ether oxygens (including phenoxy) is 2. The van der Waals surface area contributed by atoms with E-state index in [-0.39, 0.29) is 24.5 Å². The van der Waals surface area contributed by atoms with Crippen molar-refractivity contribution in [2.75, 3.05) is 26.9 Å². The van der Waals surface area contributed by atoms with Crippen molar-refractivity contribution < 1.29 is 24.2 Å². The van der Waals surface area contributed by atoms with Crippen LogP contribution in [0.25, 0.3) is 16.7 Å². The van der Waals surface area contributed by atoms with Crippen LogP contribution in [0.5, 0.6) is 5.75 Å². The van der Waals surface area contributed by atoms with Crippen molar-refractivity contribution in [3.63, 3.8) is 0 Å². The molecule has 1 aliphatic rings. The topological polar surface area (TPSA) is 81.0 Å². The summed E-state index contributed by atoms with van der Waals surface area (Å²) in [6.07, 6.45) is 1.89. The number of fused-ring (bicyclic) bond motifs is 1. The maximum absolute atomic E-state index is 13.2. The maximum Gasteiger partial charge on any atom is 0.295 e. The zero-order chi connectivity index (χ0) is 23.7. The average Bonchev–Trinajstić information content (AvgIpc) is 3.27. The van der Waals surface area contributed by atoms with E-state index in [0.29, 0.717) is 22.9 Å². The van der Waals surface area contributed by atoms with E-state index in [0.717, 1.165) is 16.5 Å². The summed E-state index contributed by atoms with van der Waals surface area (Å²) in [7, 11) is 3.44. The number of rotatable bonds is 7. The number of hydrogen-bond acceptors (Lipinski definition) is 5. The molecule has 1 atom stereocenters. The van der Waals surface area contributed by atoms with Crippen LogP contribution in [0.3, 0.4) is 0 Å². The Morgan fingerprint density at radius 2 is 1.94 bits per heavy atom. The van der Waals surface area contributed by atoms with Crippen LogP contribution < -0.4 is 4.74 Å². The van der Waals surface area contributed by atoms with Gasteiger partial charge in [-0.25, -0.2) is 0 Å². The minimum Gasteiger partial charge on any atom is -0.507 e. The first-order valence-corrected chi connectivity index (χ1v) is 11.0. The SMILES string of the molecule is CCOc1cc(/C(O)=C2\C(=O)C(=O)N(CCOC)C2c2cn(C)c3ccccc23)ccc1Cl. The van der Waals surface area contributed by atoms with E-state index in [1.165, 1.54) is 12.0 Å². The van der Waals surface area contributed by atoms with Crippen LogP contribution in [0.2, 0.25) is 5.02 Å². The number of hydrogen-bond donors (Lipinski definition) is 1. The third-order valence-corrected chi connectivity index (χ3v) is 6.12. The number of Topliss-reactive ketones (excluding diaryl/α,β-unsaturated/α-hetero) is 1. The van der Waals surface area contributed by atoms with E-state index in [9.17, 15) is 14.7 Å². The van der Waals surface area contributed by atoms with Gasteiger partial charge in [-0.15, -0.1) is 0 Å². The van der Waals surface area contributed by atoms with Crippen LogP contribution in [0.4, 0.5) is 0 Å². The van der Waals surface area contributed by atoms with Gasteiger partial charge in [0.1, 0.15) is 11.5 Å². The van der Waals surface area contributed by atoms with Gasteiger partial charge < -0.3 is 24.0 Å². The van der Waals surface area contributed by atoms with E-state index in [4.69, 9.17) is 21.1 Å². The van der Waals surface area contributed by atoms with Crippen LogP contribution in [-0.4, -0.2) is 53.1 Å². The van der Waals surface area contributed by atoms with E-state index >= 15 is 0 Å².